The predicted octanol–water partition coefficient (Wildman–Crippen LogP) is 5.85. The van der Waals surface area contributed by atoms with Gasteiger partial charge in [-0.3, -0.25) is 0 Å². The van der Waals surface area contributed by atoms with E-state index in [0.717, 1.165) is 13.1 Å². The fraction of sp³-hybridized carbons (Fsp3) is 0.444. The van der Waals surface area contributed by atoms with Gasteiger partial charge in [-0.2, -0.15) is 36.4 Å². The molecule has 0 heterocycles. The zero-order valence-electron chi connectivity index (χ0n) is 13.3. The molecule has 21 heavy (non-hydrogen) atoms. The molecule has 2 rings (SSSR count). The van der Waals surface area contributed by atoms with Crippen molar-refractivity contribution in [2.75, 3.05) is 13.1 Å². The SMILES string of the molecule is CCCC[N]=[W]=[N]CCCC.c1cc[cH-]c1.c1cc[cH-]c1. The summed E-state index contributed by atoms with van der Waals surface area (Å²) in [7, 11) is 0. The third kappa shape index (κ3) is 19.0. The van der Waals surface area contributed by atoms with E-state index < -0.39 is 18.2 Å². The molecule has 2 aromatic rings. The standard InChI is InChI=1S/2C5H5.2C4H9N.W/c2*1-2-4-5-3-1;2*1-2-3-4-5;/h2*1-5H;2*2-4H2,1H3;/q2*-1;;;. The predicted molar refractivity (Wildman–Crippen MR) is 88.5 cm³/mol. The third-order valence-electron chi connectivity index (χ3n) is 2.43. The van der Waals surface area contributed by atoms with E-state index in [9.17, 15) is 0 Å². The topological polar surface area (TPSA) is 24.7 Å². The first kappa shape index (κ1) is 20.0. The van der Waals surface area contributed by atoms with Gasteiger partial charge < -0.3 is 0 Å². The Labute approximate surface area is 138 Å². The van der Waals surface area contributed by atoms with E-state index in [-0.39, 0.29) is 0 Å². The van der Waals surface area contributed by atoms with Gasteiger partial charge in [0.25, 0.3) is 0 Å². The van der Waals surface area contributed by atoms with Crippen LogP contribution in [-0.2, 0) is 18.2 Å². The maximum absolute atomic E-state index is 4.43. The van der Waals surface area contributed by atoms with E-state index in [4.69, 9.17) is 0 Å². The quantitative estimate of drug-likeness (QED) is 0.385. The van der Waals surface area contributed by atoms with Crippen LogP contribution in [0.4, 0.5) is 0 Å². The van der Waals surface area contributed by atoms with Crippen LogP contribution < -0.4 is 0 Å². The molecular formula is C18H28N2W-2. The van der Waals surface area contributed by atoms with Crippen molar-refractivity contribution in [3.63, 3.8) is 0 Å². The molecule has 0 spiro atoms. The van der Waals surface area contributed by atoms with Gasteiger partial charge >= 0.3 is 77.8 Å². The summed E-state index contributed by atoms with van der Waals surface area (Å²) in [5, 5.41) is 0. The van der Waals surface area contributed by atoms with Crippen molar-refractivity contribution in [1.29, 1.82) is 0 Å². The van der Waals surface area contributed by atoms with Crippen LogP contribution in [0, 0.1) is 0 Å². The van der Waals surface area contributed by atoms with E-state index in [0.29, 0.717) is 0 Å². The molecule has 0 saturated carbocycles. The molecule has 0 aliphatic heterocycles. The molecule has 2 nitrogen and oxygen atoms in total. The molecule has 0 bridgehead atoms. The molecule has 0 aliphatic rings. The van der Waals surface area contributed by atoms with E-state index >= 15 is 0 Å². The summed E-state index contributed by atoms with van der Waals surface area (Å²) in [5.41, 5.74) is 0. The first-order valence-electron chi connectivity index (χ1n) is 7.75. The van der Waals surface area contributed by atoms with Crippen LogP contribution in [0.2, 0.25) is 0 Å². The van der Waals surface area contributed by atoms with E-state index in [1.165, 1.54) is 25.7 Å². The van der Waals surface area contributed by atoms with Gasteiger partial charge in [-0.25, -0.2) is 24.3 Å². The summed E-state index contributed by atoms with van der Waals surface area (Å²) in [6, 6.07) is 20.0. The van der Waals surface area contributed by atoms with Gasteiger partial charge in [0.05, 0.1) is 0 Å². The van der Waals surface area contributed by atoms with Crippen LogP contribution in [0.15, 0.2) is 67.7 Å². The molecular weight excluding hydrogens is 428 g/mol. The second-order valence-electron chi connectivity index (χ2n) is 4.42. The Morgan fingerprint density at radius 2 is 1.10 bits per heavy atom. The zero-order valence-corrected chi connectivity index (χ0v) is 16.3. The molecule has 3 heteroatoms. The smallest absolute Gasteiger partial charge is 0.172 e. The van der Waals surface area contributed by atoms with Gasteiger partial charge in [-0.15, -0.1) is 0 Å². The van der Waals surface area contributed by atoms with Crippen molar-refractivity contribution in [1.82, 2.24) is 0 Å². The van der Waals surface area contributed by atoms with E-state index in [2.05, 4.69) is 20.8 Å². The molecule has 0 amide bonds. The minimum Gasteiger partial charge on any atom is -0.214 e. The summed E-state index contributed by atoms with van der Waals surface area (Å²) in [5.74, 6) is 0. The van der Waals surface area contributed by atoms with Crippen LogP contribution in [-0.4, -0.2) is 13.1 Å². The summed E-state index contributed by atoms with van der Waals surface area (Å²) in [4.78, 5) is 0. The Balaban J connectivity index is 0.000000325. The Morgan fingerprint density at radius 1 is 0.714 bits per heavy atom. The van der Waals surface area contributed by atoms with Gasteiger partial charge in [0.1, 0.15) is 0 Å². The van der Waals surface area contributed by atoms with Gasteiger partial charge in [-0.05, 0) is 0 Å². The molecule has 2 aromatic carbocycles. The Bertz CT molecular complexity index is 339. The fourth-order valence-corrected chi connectivity index (χ4v) is 3.02. The van der Waals surface area contributed by atoms with Gasteiger partial charge in [0.2, 0.25) is 0 Å². The monoisotopic (exact) mass is 456 g/mol. The molecule has 0 aliphatic carbocycles. The molecule has 0 unspecified atom stereocenters. The maximum atomic E-state index is 4.43. The summed E-state index contributed by atoms with van der Waals surface area (Å²) in [6.07, 6.45) is 5.03. The van der Waals surface area contributed by atoms with Crippen molar-refractivity contribution in [2.24, 2.45) is 6.99 Å². The minimum absolute atomic E-state index is 0.600. The van der Waals surface area contributed by atoms with E-state index in [1.54, 1.807) is 0 Å². The van der Waals surface area contributed by atoms with Crippen molar-refractivity contribution < 1.29 is 18.2 Å². The summed E-state index contributed by atoms with van der Waals surface area (Å²) < 4.78 is 8.87. The number of rotatable bonds is 6. The summed E-state index contributed by atoms with van der Waals surface area (Å²) >= 11 is -0.600. The fourth-order valence-electron chi connectivity index (χ4n) is 1.21. The first-order chi connectivity index (χ1) is 10.4. The van der Waals surface area contributed by atoms with Gasteiger partial charge in [-0.1, -0.05) is 0 Å². The molecule has 0 saturated heterocycles. The maximum Gasteiger partial charge on any atom is -0.172 e. The van der Waals surface area contributed by atoms with Crippen molar-refractivity contribution in [3.8, 4) is 0 Å². The van der Waals surface area contributed by atoms with Crippen molar-refractivity contribution in [3.05, 3.63) is 60.7 Å². The van der Waals surface area contributed by atoms with Crippen LogP contribution >= 0.6 is 0 Å². The first-order valence-corrected chi connectivity index (χ1v) is 10.4. The molecule has 0 atom stereocenters. The van der Waals surface area contributed by atoms with E-state index in [1.807, 2.05) is 60.7 Å². The molecule has 0 N–H and O–H groups in total. The molecule has 0 aromatic heterocycles. The van der Waals surface area contributed by atoms with Crippen LogP contribution in [0.1, 0.15) is 39.5 Å². The largest absolute Gasteiger partial charge is 0.214 e. The number of nitrogens with zero attached hydrogens (tertiary/aromatic N) is 2. The average molecular weight is 456 g/mol. The molecule has 0 fully saturated rings. The third-order valence-corrected chi connectivity index (χ3v) is 4.57. The van der Waals surface area contributed by atoms with Gasteiger partial charge in [0, 0.05) is 0 Å². The average Bonchev–Trinajstić information content (AvgIpc) is 3.23. The number of unbranched alkanes of at least 4 members (excludes halogenated alkanes) is 2. The van der Waals surface area contributed by atoms with Crippen molar-refractivity contribution in [2.45, 2.75) is 39.5 Å². The second kappa shape index (κ2) is 19.0. The second-order valence-corrected chi connectivity index (χ2v) is 6.86. The summed E-state index contributed by atoms with van der Waals surface area (Å²) in [6.45, 7) is 6.54. The van der Waals surface area contributed by atoms with Crippen molar-refractivity contribution >= 4 is 0 Å². The molecule has 0 radical (unpaired) electrons. The Hall–Kier alpha value is -1.01. The Morgan fingerprint density at radius 3 is 1.33 bits per heavy atom. The van der Waals surface area contributed by atoms with Crippen LogP contribution in [0.25, 0.3) is 0 Å². The number of hydrogen-bond acceptors (Lipinski definition) is 2. The van der Waals surface area contributed by atoms with Crippen LogP contribution in [0.3, 0.4) is 0 Å². The van der Waals surface area contributed by atoms with Crippen LogP contribution in [0.5, 0.6) is 0 Å². The number of hydrogen-bond donors (Lipinski definition) is 0. The molecule has 118 valence electrons. The normalized spacial score (nSPS) is 8.67. The van der Waals surface area contributed by atoms with Gasteiger partial charge in [0.15, 0.2) is 0 Å². The minimum atomic E-state index is -0.600. The zero-order chi connectivity index (χ0) is 15.4. The Kier molecular flexibility index (Phi) is 18.1.